The minimum absolute atomic E-state index is 0. The molecule has 3 heterocycles. The number of fused-ring (bicyclic) bond motifs is 3. The second-order valence-corrected chi connectivity index (χ2v) is 14.2. The number of aryl methyl sites for hydroxylation is 1. The molecule has 0 atom stereocenters. The maximum absolute atomic E-state index is 9.13. The Labute approximate surface area is 332 Å². The van der Waals surface area contributed by atoms with Gasteiger partial charge >= 0.3 is 0 Å². The molecule has 0 amide bonds. The summed E-state index contributed by atoms with van der Waals surface area (Å²) in [5, 5.41) is 2.16. The van der Waals surface area contributed by atoms with Gasteiger partial charge in [0.05, 0.1) is 5.58 Å². The number of aromatic nitrogens is 2. The van der Waals surface area contributed by atoms with Crippen LogP contribution in [-0.2, 0) is 20.1 Å². The Morgan fingerprint density at radius 2 is 1.49 bits per heavy atom. The van der Waals surface area contributed by atoms with Crippen molar-refractivity contribution < 1.29 is 30.0 Å². The van der Waals surface area contributed by atoms with Gasteiger partial charge in [0.1, 0.15) is 5.58 Å². The molecular formula is C49H42IrN2O-2. The van der Waals surface area contributed by atoms with Crippen LogP contribution >= 0.6 is 0 Å². The molecule has 265 valence electrons. The molecule has 1 fully saturated rings. The predicted molar refractivity (Wildman–Crippen MR) is 215 cm³/mol. The van der Waals surface area contributed by atoms with Crippen molar-refractivity contribution in [3.63, 3.8) is 0 Å². The van der Waals surface area contributed by atoms with Gasteiger partial charge in [0, 0.05) is 48.9 Å². The Morgan fingerprint density at radius 1 is 0.698 bits per heavy atom. The van der Waals surface area contributed by atoms with E-state index >= 15 is 0 Å². The first-order valence-corrected chi connectivity index (χ1v) is 17.9. The fraction of sp³-hybridized carbons (Fsp3) is 0.184. The van der Waals surface area contributed by atoms with Gasteiger partial charge in [0.15, 0.2) is 0 Å². The molecule has 0 spiro atoms. The molecule has 8 aromatic rings. The average molecular weight is 871 g/mol. The van der Waals surface area contributed by atoms with Crippen molar-refractivity contribution in [2.45, 2.75) is 52.3 Å². The van der Waals surface area contributed by atoms with Crippen LogP contribution in [-0.4, -0.2) is 9.97 Å². The number of nitrogens with zero attached hydrogens (tertiary/aromatic N) is 2. The molecule has 9 rings (SSSR count). The van der Waals surface area contributed by atoms with E-state index in [1.54, 1.807) is 18.2 Å². The van der Waals surface area contributed by atoms with Crippen LogP contribution in [0.2, 0.25) is 0 Å². The summed E-state index contributed by atoms with van der Waals surface area (Å²) < 4.78 is 37.4. The molecular weight excluding hydrogens is 825 g/mol. The van der Waals surface area contributed by atoms with Crippen LogP contribution in [0.3, 0.4) is 0 Å². The van der Waals surface area contributed by atoms with Crippen molar-refractivity contribution in [1.29, 1.82) is 0 Å². The van der Waals surface area contributed by atoms with Crippen LogP contribution in [0, 0.1) is 24.4 Å². The van der Waals surface area contributed by atoms with Gasteiger partial charge < -0.3 is 14.4 Å². The van der Waals surface area contributed by atoms with E-state index in [2.05, 4.69) is 110 Å². The molecule has 0 N–H and O–H groups in total. The molecule has 4 heteroatoms. The summed E-state index contributed by atoms with van der Waals surface area (Å²) >= 11 is 0. The molecule has 0 aliphatic heterocycles. The molecule has 0 unspecified atom stereocenters. The number of furan rings is 1. The molecule has 5 aromatic carbocycles. The summed E-state index contributed by atoms with van der Waals surface area (Å²) in [7, 11) is 0. The molecule has 0 saturated heterocycles. The van der Waals surface area contributed by atoms with Crippen molar-refractivity contribution in [2.24, 2.45) is 5.41 Å². The standard InChI is InChI=1S/C37H32NO.C12H10N.Ir/c1-37(2)21-18-27(19-22-37)25-14-16-26(17-15-25)29-20-23-38-34(24-29)33-13-7-12-32-31-11-6-10-30(35(31)39-36(32)33)28-8-4-3-5-9-28;1-10-7-8-12(13-9-10)11-5-3-2-4-6-11;/h3-12,14-17,20,23-24,27H,18-19,21-22H2,1-2H3;2-5,7-9H,1H3;/q2*-1;/i27D;1D3;. The molecule has 3 nitrogen and oxygen atoms in total. The van der Waals surface area contributed by atoms with Gasteiger partial charge in [-0.15, -0.1) is 54.1 Å². The first-order valence-electron chi connectivity index (χ1n) is 19.9. The molecule has 0 bridgehead atoms. The van der Waals surface area contributed by atoms with Gasteiger partial charge in [-0.1, -0.05) is 116 Å². The van der Waals surface area contributed by atoms with E-state index in [0.717, 1.165) is 98.0 Å². The Balaban J connectivity index is 0.000000246. The Bertz CT molecular complexity index is 2590. The Hall–Kier alpha value is -5.15. The molecule has 1 aliphatic carbocycles. The number of pyridine rings is 2. The van der Waals surface area contributed by atoms with E-state index in [4.69, 9.17) is 14.9 Å². The number of hydrogen-bond acceptors (Lipinski definition) is 3. The minimum atomic E-state index is -2.09. The smallest absolute Gasteiger partial charge is 0.128 e. The fourth-order valence-electron chi connectivity index (χ4n) is 7.07. The molecule has 1 radical (unpaired) electrons. The van der Waals surface area contributed by atoms with Gasteiger partial charge in [-0.2, -0.15) is 0 Å². The number of hydrogen-bond donors (Lipinski definition) is 0. The zero-order valence-electron chi connectivity index (χ0n) is 33.8. The predicted octanol–water partition coefficient (Wildman–Crippen LogP) is 13.3. The molecule has 3 aromatic heterocycles. The van der Waals surface area contributed by atoms with E-state index in [1.165, 1.54) is 6.20 Å². The molecule has 1 saturated carbocycles. The van der Waals surface area contributed by atoms with Crippen molar-refractivity contribution in [1.82, 2.24) is 9.97 Å². The summed E-state index contributed by atoms with van der Waals surface area (Å²) in [5.74, 6) is -0.484. The monoisotopic (exact) mass is 871 g/mol. The van der Waals surface area contributed by atoms with Crippen molar-refractivity contribution in [3.05, 3.63) is 169 Å². The van der Waals surface area contributed by atoms with Gasteiger partial charge in [-0.05, 0) is 89.1 Å². The van der Waals surface area contributed by atoms with Crippen molar-refractivity contribution in [2.75, 3.05) is 0 Å². The maximum atomic E-state index is 9.13. The first-order chi connectivity index (χ1) is 27.0. The van der Waals surface area contributed by atoms with Crippen molar-refractivity contribution in [3.8, 4) is 44.8 Å². The average Bonchev–Trinajstić information content (AvgIpc) is 3.62. The largest absolute Gasteiger partial charge is 0.500 e. The molecule has 1 aliphatic rings. The second kappa shape index (κ2) is 15.8. The summed E-state index contributed by atoms with van der Waals surface area (Å²) in [6, 6.07) is 50.7. The third kappa shape index (κ3) is 7.95. The van der Waals surface area contributed by atoms with Crippen molar-refractivity contribution >= 4 is 21.9 Å². The molecule has 53 heavy (non-hydrogen) atoms. The Kier molecular flexibility index (Phi) is 9.38. The fourth-order valence-corrected chi connectivity index (χ4v) is 7.07. The summed E-state index contributed by atoms with van der Waals surface area (Å²) in [4.78, 5) is 8.85. The van der Waals surface area contributed by atoms with E-state index < -0.39 is 12.7 Å². The zero-order valence-corrected chi connectivity index (χ0v) is 32.2. The van der Waals surface area contributed by atoms with Gasteiger partial charge in [0.2, 0.25) is 0 Å². The third-order valence-corrected chi connectivity index (χ3v) is 10.1. The van der Waals surface area contributed by atoms with Gasteiger partial charge in [0.25, 0.3) is 0 Å². The number of rotatable bonds is 5. The van der Waals surface area contributed by atoms with Crippen LogP contribution in [0.15, 0.2) is 150 Å². The third-order valence-electron chi connectivity index (χ3n) is 10.1. The van der Waals surface area contributed by atoms with E-state index in [1.807, 2.05) is 42.6 Å². The van der Waals surface area contributed by atoms with E-state index in [9.17, 15) is 0 Å². The SMILES string of the molecule is [2H]C([2H])([2H])c1ccc(-c2[c-]cccc2)nc1.[2H]C1(c2ccc(-c3ccnc(-c4[c-]ccc5c4oc4c(-c6ccccc6)cccc45)c3)cc2)CCC(C)(C)CC1.[Ir]. The first kappa shape index (κ1) is 31.4. The minimum Gasteiger partial charge on any atom is -0.500 e. The van der Waals surface area contributed by atoms with Gasteiger partial charge in [-0.25, -0.2) is 0 Å². The number of benzene rings is 5. The second-order valence-electron chi connectivity index (χ2n) is 14.2. The van der Waals surface area contributed by atoms with Crippen LogP contribution in [0.1, 0.15) is 62.0 Å². The number of para-hydroxylation sites is 1. The maximum Gasteiger partial charge on any atom is 0.128 e. The normalized spacial score (nSPS) is 15.9. The Morgan fingerprint density at radius 3 is 2.23 bits per heavy atom. The van der Waals surface area contributed by atoms with Gasteiger partial charge in [-0.3, -0.25) is 0 Å². The quantitative estimate of drug-likeness (QED) is 0.162. The summed E-state index contributed by atoms with van der Waals surface area (Å²) in [5.41, 5.74) is 11.1. The van der Waals surface area contributed by atoms with Crippen LogP contribution in [0.4, 0.5) is 0 Å². The topological polar surface area (TPSA) is 38.9 Å². The summed E-state index contributed by atoms with van der Waals surface area (Å²) in [6.07, 6.45) is 7.29. The summed E-state index contributed by atoms with van der Waals surface area (Å²) in [6.45, 7) is 2.55. The van der Waals surface area contributed by atoms with Crippen LogP contribution in [0.25, 0.3) is 66.7 Å². The zero-order chi connectivity index (χ0) is 38.9. The van der Waals surface area contributed by atoms with E-state index in [-0.39, 0.29) is 25.7 Å². The van der Waals surface area contributed by atoms with Crippen LogP contribution < -0.4 is 0 Å². The van der Waals surface area contributed by atoms with E-state index in [0.29, 0.717) is 5.41 Å². The van der Waals surface area contributed by atoms with Crippen LogP contribution in [0.5, 0.6) is 0 Å².